The summed E-state index contributed by atoms with van der Waals surface area (Å²) in [4.78, 5) is 23.4. The molecule has 0 amide bonds. The first-order valence-corrected chi connectivity index (χ1v) is 6.82. The smallest absolute Gasteiger partial charge is 0.325 e. The van der Waals surface area contributed by atoms with Gasteiger partial charge in [-0.25, -0.2) is 0 Å². The minimum absolute atomic E-state index is 0.00973. The number of phenolic OH excluding ortho intramolecular Hbond substituents is 1. The quantitative estimate of drug-likeness (QED) is 0.627. The number of ether oxygens (including phenoxy) is 2. The highest BCUT2D eigenvalue weighted by atomic mass is 16.5. The summed E-state index contributed by atoms with van der Waals surface area (Å²) in [5, 5.41) is 18.5. The molecule has 0 aliphatic carbocycles. The van der Waals surface area contributed by atoms with Gasteiger partial charge in [-0.05, 0) is 35.4 Å². The van der Waals surface area contributed by atoms with Crippen LogP contribution in [0.2, 0.25) is 0 Å². The van der Waals surface area contributed by atoms with E-state index in [1.54, 1.807) is 31.4 Å². The van der Waals surface area contributed by atoms with Crippen molar-refractivity contribution in [2.75, 3.05) is 7.11 Å². The number of carbonyl (C=O) groups is 2. The largest absolute Gasteiger partial charge is 0.508 e. The summed E-state index contributed by atoms with van der Waals surface area (Å²) >= 11 is 0. The fraction of sp³-hybridized carbons (Fsp3) is 0.176. The van der Waals surface area contributed by atoms with Crippen molar-refractivity contribution in [2.45, 2.75) is 12.5 Å². The molecule has 120 valence electrons. The molecule has 0 saturated heterocycles. The van der Waals surface area contributed by atoms with Crippen molar-refractivity contribution in [1.82, 2.24) is 0 Å². The Morgan fingerprint density at radius 2 is 1.65 bits per heavy atom. The highest BCUT2D eigenvalue weighted by molar-refractivity contribution is 5.99. The predicted molar refractivity (Wildman–Crippen MR) is 81.3 cm³/mol. The molecule has 2 aromatic rings. The number of methoxy groups -OCH3 is 1. The normalized spacial score (nSPS) is 11.5. The maximum atomic E-state index is 12.1. The van der Waals surface area contributed by atoms with Crippen LogP contribution in [0.4, 0.5) is 0 Å². The predicted octanol–water partition coefficient (Wildman–Crippen LogP) is 2.31. The third kappa shape index (κ3) is 4.23. The topological polar surface area (TPSA) is 93.1 Å². The molecule has 0 spiro atoms. The van der Waals surface area contributed by atoms with Crippen LogP contribution in [0.25, 0.3) is 0 Å². The maximum absolute atomic E-state index is 12.1. The summed E-state index contributed by atoms with van der Waals surface area (Å²) < 4.78 is 10.1. The van der Waals surface area contributed by atoms with Crippen LogP contribution in [-0.4, -0.2) is 29.3 Å². The molecule has 2 aromatic carbocycles. The van der Waals surface area contributed by atoms with Crippen LogP contribution in [-0.2, 0) is 20.9 Å². The van der Waals surface area contributed by atoms with Crippen LogP contribution in [0.3, 0.4) is 0 Å². The Morgan fingerprint density at radius 1 is 1.04 bits per heavy atom. The van der Waals surface area contributed by atoms with Crippen molar-refractivity contribution < 1.29 is 29.3 Å². The average molecular weight is 316 g/mol. The number of phenols is 1. The maximum Gasteiger partial charge on any atom is 0.325 e. The number of aromatic hydroxyl groups is 1. The van der Waals surface area contributed by atoms with Crippen molar-refractivity contribution in [1.29, 1.82) is 0 Å². The molecular formula is C17H16O6. The SMILES string of the molecule is COc1ccc(COC(=O)[C@@H](C(=O)O)c2ccc(O)cc2)cc1. The van der Waals surface area contributed by atoms with Gasteiger partial charge in [-0.15, -0.1) is 0 Å². The third-order valence-electron chi connectivity index (χ3n) is 3.25. The first-order valence-electron chi connectivity index (χ1n) is 6.82. The molecular weight excluding hydrogens is 300 g/mol. The van der Waals surface area contributed by atoms with Gasteiger partial charge in [0, 0.05) is 0 Å². The van der Waals surface area contributed by atoms with Crippen LogP contribution in [0.15, 0.2) is 48.5 Å². The number of carboxylic acid groups (broad SMARTS) is 1. The second-order valence-corrected chi connectivity index (χ2v) is 4.82. The lowest BCUT2D eigenvalue weighted by molar-refractivity contribution is -0.155. The van der Waals surface area contributed by atoms with E-state index >= 15 is 0 Å². The molecule has 2 N–H and O–H groups in total. The van der Waals surface area contributed by atoms with Gasteiger partial charge in [0.05, 0.1) is 7.11 Å². The highest BCUT2D eigenvalue weighted by Gasteiger charge is 2.29. The summed E-state index contributed by atoms with van der Waals surface area (Å²) in [6.45, 7) is -0.0370. The van der Waals surface area contributed by atoms with Crippen LogP contribution in [0.1, 0.15) is 17.0 Å². The number of rotatable bonds is 6. The van der Waals surface area contributed by atoms with Gasteiger partial charge in [-0.3, -0.25) is 9.59 Å². The van der Waals surface area contributed by atoms with E-state index in [1.165, 1.54) is 24.3 Å². The summed E-state index contributed by atoms with van der Waals surface area (Å²) in [5.74, 6) is -2.94. The minimum Gasteiger partial charge on any atom is -0.508 e. The Balaban J connectivity index is 2.06. The van der Waals surface area contributed by atoms with E-state index in [0.29, 0.717) is 11.3 Å². The van der Waals surface area contributed by atoms with Gasteiger partial charge in [-0.2, -0.15) is 0 Å². The minimum atomic E-state index is -1.44. The Labute approximate surface area is 132 Å². The number of hydrogen-bond donors (Lipinski definition) is 2. The molecule has 0 heterocycles. The molecule has 1 atom stereocenters. The van der Waals surface area contributed by atoms with E-state index in [1.807, 2.05) is 0 Å². The van der Waals surface area contributed by atoms with Crippen molar-refractivity contribution in [3.05, 3.63) is 59.7 Å². The highest BCUT2D eigenvalue weighted by Crippen LogP contribution is 2.21. The lowest BCUT2D eigenvalue weighted by Gasteiger charge is -2.13. The summed E-state index contributed by atoms with van der Waals surface area (Å²) in [5.41, 5.74) is 0.962. The second-order valence-electron chi connectivity index (χ2n) is 4.82. The van der Waals surface area contributed by atoms with Gasteiger partial charge >= 0.3 is 11.9 Å². The lowest BCUT2D eigenvalue weighted by atomic mass is 9.99. The zero-order chi connectivity index (χ0) is 16.8. The van der Waals surface area contributed by atoms with Gasteiger partial charge in [0.25, 0.3) is 0 Å². The fourth-order valence-corrected chi connectivity index (χ4v) is 2.01. The van der Waals surface area contributed by atoms with Gasteiger partial charge in [-0.1, -0.05) is 24.3 Å². The Hall–Kier alpha value is -3.02. The summed E-state index contributed by atoms with van der Waals surface area (Å²) in [6, 6.07) is 12.3. The molecule has 0 aliphatic heterocycles. The summed E-state index contributed by atoms with van der Waals surface area (Å²) in [6.07, 6.45) is 0. The monoisotopic (exact) mass is 316 g/mol. The molecule has 6 nitrogen and oxygen atoms in total. The van der Waals surface area contributed by atoms with Crippen LogP contribution < -0.4 is 4.74 Å². The van der Waals surface area contributed by atoms with Crippen LogP contribution in [0, 0.1) is 0 Å². The van der Waals surface area contributed by atoms with Crippen molar-refractivity contribution in [3.63, 3.8) is 0 Å². The lowest BCUT2D eigenvalue weighted by Crippen LogP contribution is -2.23. The van der Waals surface area contributed by atoms with E-state index in [-0.39, 0.29) is 17.9 Å². The van der Waals surface area contributed by atoms with Gasteiger partial charge in [0.15, 0.2) is 5.92 Å². The Bertz CT molecular complexity index is 675. The van der Waals surface area contributed by atoms with Gasteiger partial charge in [0.2, 0.25) is 0 Å². The molecule has 0 bridgehead atoms. The van der Waals surface area contributed by atoms with Crippen LogP contribution in [0.5, 0.6) is 11.5 Å². The molecule has 0 aromatic heterocycles. The average Bonchev–Trinajstić information content (AvgIpc) is 2.55. The standard InChI is InChI=1S/C17H16O6/c1-22-14-8-2-11(3-9-14)10-23-17(21)15(16(19)20)12-4-6-13(18)7-5-12/h2-9,15,18H,10H2,1H3,(H,19,20)/t15-/m1/s1. The molecule has 0 saturated carbocycles. The molecule has 0 aliphatic rings. The van der Waals surface area contributed by atoms with Gasteiger partial charge in [0.1, 0.15) is 18.1 Å². The first kappa shape index (κ1) is 16.4. The molecule has 0 unspecified atom stereocenters. The zero-order valence-electron chi connectivity index (χ0n) is 12.4. The van der Waals surface area contributed by atoms with E-state index in [0.717, 1.165) is 0 Å². The number of carboxylic acids is 1. The Kier molecular flexibility index (Phi) is 5.19. The van der Waals surface area contributed by atoms with E-state index < -0.39 is 17.9 Å². The van der Waals surface area contributed by atoms with Crippen molar-refractivity contribution in [3.8, 4) is 11.5 Å². The number of benzene rings is 2. The van der Waals surface area contributed by atoms with Gasteiger partial charge < -0.3 is 19.7 Å². The third-order valence-corrected chi connectivity index (χ3v) is 3.25. The van der Waals surface area contributed by atoms with Crippen molar-refractivity contribution >= 4 is 11.9 Å². The number of esters is 1. The van der Waals surface area contributed by atoms with E-state index in [4.69, 9.17) is 9.47 Å². The molecule has 6 heteroatoms. The second kappa shape index (κ2) is 7.31. The molecule has 2 rings (SSSR count). The van der Waals surface area contributed by atoms with E-state index in [2.05, 4.69) is 0 Å². The number of aliphatic carboxylic acids is 1. The number of carbonyl (C=O) groups excluding carboxylic acids is 1. The fourth-order valence-electron chi connectivity index (χ4n) is 2.01. The number of hydrogen-bond acceptors (Lipinski definition) is 5. The summed E-state index contributed by atoms with van der Waals surface area (Å²) in [7, 11) is 1.55. The van der Waals surface area contributed by atoms with Crippen molar-refractivity contribution in [2.24, 2.45) is 0 Å². The van der Waals surface area contributed by atoms with Crippen LogP contribution >= 0.6 is 0 Å². The molecule has 0 radical (unpaired) electrons. The molecule has 23 heavy (non-hydrogen) atoms. The first-order chi connectivity index (χ1) is 11.0. The zero-order valence-corrected chi connectivity index (χ0v) is 12.4. The molecule has 0 fully saturated rings. The van der Waals surface area contributed by atoms with E-state index in [9.17, 15) is 19.8 Å². The Morgan fingerprint density at radius 3 is 2.17 bits per heavy atom.